The van der Waals surface area contributed by atoms with Gasteiger partial charge in [-0.05, 0) is 24.6 Å². The molecule has 7 nitrogen and oxygen atoms in total. The Morgan fingerprint density at radius 3 is 2.27 bits per heavy atom. The van der Waals surface area contributed by atoms with Crippen LogP contribution in [0.3, 0.4) is 0 Å². The largest absolute Gasteiger partial charge is 0.348 e. The Bertz CT molecular complexity index is 644. The third-order valence-electron chi connectivity index (χ3n) is 3.30. The summed E-state index contributed by atoms with van der Waals surface area (Å²) in [6, 6.07) is 6.30. The van der Waals surface area contributed by atoms with E-state index < -0.39 is 30.3 Å². The molecule has 1 N–H and O–H groups in total. The van der Waals surface area contributed by atoms with Crippen LogP contribution in [0.5, 0.6) is 0 Å². The highest BCUT2D eigenvalue weighted by Crippen LogP contribution is 2.16. The van der Waals surface area contributed by atoms with E-state index in [4.69, 9.17) is 0 Å². The summed E-state index contributed by atoms with van der Waals surface area (Å²) in [5.41, 5.74) is 0.879. The van der Waals surface area contributed by atoms with Crippen molar-refractivity contribution in [3.8, 4) is 0 Å². The quantitative estimate of drug-likeness (QED) is 0.636. The van der Waals surface area contributed by atoms with Gasteiger partial charge in [0, 0.05) is 11.5 Å². The monoisotopic (exact) mass is 367 g/mol. The van der Waals surface area contributed by atoms with Crippen molar-refractivity contribution in [1.29, 1.82) is 0 Å². The number of hydrogen-bond donors (Lipinski definition) is 1. The number of likely N-dealkylation sites (N-methyl/N-ethyl adjacent to an activating group) is 1. The van der Waals surface area contributed by atoms with Gasteiger partial charge in [-0.25, -0.2) is 9.69 Å². The van der Waals surface area contributed by atoms with Crippen molar-refractivity contribution in [3.63, 3.8) is 0 Å². The van der Waals surface area contributed by atoms with Crippen molar-refractivity contribution in [3.05, 3.63) is 34.3 Å². The van der Waals surface area contributed by atoms with E-state index in [2.05, 4.69) is 21.2 Å². The zero-order chi connectivity index (χ0) is 16.4. The molecule has 1 aliphatic rings. The first-order chi connectivity index (χ1) is 10.3. The molecule has 0 unspecified atom stereocenters. The molecule has 1 atom stereocenters. The predicted molar refractivity (Wildman–Crippen MR) is 80.6 cm³/mol. The van der Waals surface area contributed by atoms with Crippen LogP contribution in [0, 0.1) is 0 Å². The Balaban J connectivity index is 1.98. The normalized spacial score (nSPS) is 16.2. The lowest BCUT2D eigenvalue weighted by molar-refractivity contribution is -0.143. The summed E-state index contributed by atoms with van der Waals surface area (Å²) in [4.78, 5) is 47.9. The van der Waals surface area contributed by atoms with E-state index in [0.29, 0.717) is 9.80 Å². The summed E-state index contributed by atoms with van der Waals surface area (Å²) in [6.07, 6.45) is 0. The molecule has 22 heavy (non-hydrogen) atoms. The number of hydrogen-bond acceptors (Lipinski definition) is 4. The highest BCUT2D eigenvalue weighted by Gasteiger charge is 2.43. The molecule has 1 fully saturated rings. The molecule has 1 aromatic rings. The van der Waals surface area contributed by atoms with E-state index in [1.807, 2.05) is 24.3 Å². The number of rotatable bonds is 4. The number of amides is 5. The van der Waals surface area contributed by atoms with Crippen LogP contribution in [0.1, 0.15) is 18.5 Å². The maximum atomic E-state index is 12.0. The summed E-state index contributed by atoms with van der Waals surface area (Å²) >= 11 is 3.32. The smallest absolute Gasteiger partial charge is 0.334 e. The van der Waals surface area contributed by atoms with Crippen LogP contribution in [-0.2, 0) is 14.4 Å². The Labute approximate surface area is 135 Å². The molecule has 0 aliphatic carbocycles. The minimum absolute atomic E-state index is 0.290. The summed E-state index contributed by atoms with van der Waals surface area (Å²) < 4.78 is 0.921. The van der Waals surface area contributed by atoms with Crippen LogP contribution in [-0.4, -0.2) is 47.1 Å². The molecule has 0 bridgehead atoms. The van der Waals surface area contributed by atoms with Crippen molar-refractivity contribution in [1.82, 2.24) is 15.1 Å². The van der Waals surface area contributed by atoms with Crippen LogP contribution < -0.4 is 5.32 Å². The van der Waals surface area contributed by atoms with Crippen molar-refractivity contribution < 1.29 is 19.2 Å². The number of nitrogens with zero attached hydrogens (tertiary/aromatic N) is 2. The standard InChI is InChI=1S/C14H14BrN3O4/c1-8(9-3-5-10(15)6-4-9)16-11(19)7-18-13(21)12(20)17(2)14(18)22/h3-6,8H,7H2,1-2H3,(H,16,19)/t8-/m1/s1. The maximum Gasteiger partial charge on any atom is 0.334 e. The van der Waals surface area contributed by atoms with E-state index in [9.17, 15) is 19.2 Å². The molecule has 1 heterocycles. The Hall–Kier alpha value is -2.22. The first kappa shape index (κ1) is 16.2. The fourth-order valence-electron chi connectivity index (χ4n) is 2.02. The lowest BCUT2D eigenvalue weighted by atomic mass is 10.1. The molecular formula is C14H14BrN3O4. The van der Waals surface area contributed by atoms with Gasteiger partial charge in [0.25, 0.3) is 0 Å². The first-order valence-corrected chi connectivity index (χ1v) is 7.29. The fraction of sp³-hybridized carbons (Fsp3) is 0.286. The maximum absolute atomic E-state index is 12.0. The van der Waals surface area contributed by atoms with Gasteiger partial charge in [-0.3, -0.25) is 19.3 Å². The van der Waals surface area contributed by atoms with Gasteiger partial charge in [0.05, 0.1) is 6.04 Å². The lowest BCUT2D eigenvalue weighted by Crippen LogP contribution is -2.41. The van der Waals surface area contributed by atoms with Crippen LogP contribution >= 0.6 is 15.9 Å². The van der Waals surface area contributed by atoms with Crippen LogP contribution in [0.25, 0.3) is 0 Å². The number of carbonyl (C=O) groups excluding carboxylic acids is 4. The van der Waals surface area contributed by atoms with Crippen molar-refractivity contribution in [2.24, 2.45) is 0 Å². The zero-order valence-electron chi connectivity index (χ0n) is 12.0. The van der Waals surface area contributed by atoms with Crippen LogP contribution in [0.2, 0.25) is 0 Å². The fourth-order valence-corrected chi connectivity index (χ4v) is 2.28. The minimum atomic E-state index is -0.987. The summed E-state index contributed by atoms with van der Waals surface area (Å²) in [5, 5.41) is 2.68. The highest BCUT2D eigenvalue weighted by atomic mass is 79.9. The van der Waals surface area contributed by atoms with E-state index in [0.717, 1.165) is 10.0 Å². The lowest BCUT2D eigenvalue weighted by Gasteiger charge is -2.17. The summed E-state index contributed by atoms with van der Waals surface area (Å²) in [6.45, 7) is 1.31. The molecule has 8 heteroatoms. The van der Waals surface area contributed by atoms with Gasteiger partial charge in [0.15, 0.2) is 0 Å². The molecular weight excluding hydrogens is 354 g/mol. The van der Waals surface area contributed by atoms with E-state index >= 15 is 0 Å². The SMILES string of the molecule is C[C@@H](NC(=O)CN1C(=O)C(=O)N(C)C1=O)c1ccc(Br)cc1. The van der Waals surface area contributed by atoms with Crippen molar-refractivity contribution in [2.45, 2.75) is 13.0 Å². The van der Waals surface area contributed by atoms with Gasteiger partial charge in [-0.1, -0.05) is 28.1 Å². The Kier molecular flexibility index (Phi) is 4.60. The molecule has 1 saturated heterocycles. The predicted octanol–water partition coefficient (Wildman–Crippen LogP) is 1.05. The van der Waals surface area contributed by atoms with Crippen molar-refractivity contribution in [2.75, 3.05) is 13.6 Å². The van der Waals surface area contributed by atoms with E-state index in [-0.39, 0.29) is 6.04 Å². The second-order valence-corrected chi connectivity index (χ2v) is 5.79. The zero-order valence-corrected chi connectivity index (χ0v) is 13.6. The van der Waals surface area contributed by atoms with Gasteiger partial charge in [-0.2, -0.15) is 0 Å². The van der Waals surface area contributed by atoms with Gasteiger partial charge in [0.2, 0.25) is 5.91 Å². The number of benzene rings is 1. The average molecular weight is 368 g/mol. The number of halogens is 1. The molecule has 0 radical (unpaired) electrons. The molecule has 2 rings (SSSR count). The van der Waals surface area contributed by atoms with E-state index in [1.165, 1.54) is 7.05 Å². The third-order valence-corrected chi connectivity index (χ3v) is 3.83. The second kappa shape index (κ2) is 6.27. The minimum Gasteiger partial charge on any atom is -0.348 e. The molecule has 0 aromatic heterocycles. The topological polar surface area (TPSA) is 86.8 Å². The van der Waals surface area contributed by atoms with Gasteiger partial charge >= 0.3 is 17.8 Å². The van der Waals surface area contributed by atoms with Crippen molar-refractivity contribution >= 4 is 39.7 Å². The molecule has 0 spiro atoms. The van der Waals surface area contributed by atoms with Crippen LogP contribution in [0.4, 0.5) is 4.79 Å². The number of carbonyl (C=O) groups is 4. The average Bonchev–Trinajstić information content (AvgIpc) is 2.65. The van der Waals surface area contributed by atoms with Gasteiger partial charge in [0.1, 0.15) is 6.54 Å². The van der Waals surface area contributed by atoms with Crippen LogP contribution in [0.15, 0.2) is 28.7 Å². The molecule has 116 valence electrons. The Morgan fingerprint density at radius 2 is 1.77 bits per heavy atom. The first-order valence-electron chi connectivity index (χ1n) is 6.49. The third kappa shape index (κ3) is 3.16. The Morgan fingerprint density at radius 1 is 1.18 bits per heavy atom. The highest BCUT2D eigenvalue weighted by molar-refractivity contribution is 9.10. The molecule has 1 aromatic carbocycles. The second-order valence-electron chi connectivity index (χ2n) is 4.88. The molecule has 5 amide bonds. The van der Waals surface area contributed by atoms with E-state index in [1.54, 1.807) is 6.92 Å². The number of imide groups is 2. The number of urea groups is 1. The molecule has 0 saturated carbocycles. The summed E-state index contributed by atoms with van der Waals surface area (Å²) in [5.74, 6) is -2.43. The summed E-state index contributed by atoms with van der Waals surface area (Å²) in [7, 11) is 1.20. The molecule has 1 aliphatic heterocycles. The van der Waals surface area contributed by atoms with Gasteiger partial charge in [-0.15, -0.1) is 0 Å². The number of nitrogens with one attached hydrogen (secondary N) is 1. The van der Waals surface area contributed by atoms with Gasteiger partial charge < -0.3 is 5.32 Å².